The first kappa shape index (κ1) is 20.9. The predicted molar refractivity (Wildman–Crippen MR) is 109 cm³/mol. The van der Waals surface area contributed by atoms with Crippen LogP contribution < -0.4 is 0 Å². The van der Waals surface area contributed by atoms with Crippen molar-refractivity contribution in [2.75, 3.05) is 0 Å². The van der Waals surface area contributed by atoms with E-state index in [1.165, 1.54) is 12.8 Å². The molecule has 3 heteroatoms. The lowest BCUT2D eigenvalue weighted by atomic mass is 9.62. The fourth-order valence-corrected chi connectivity index (χ4v) is 7.19. The average Bonchev–Trinajstić information content (AvgIpc) is 2.80. The Bertz CT molecular complexity index is 517. The van der Waals surface area contributed by atoms with Crippen molar-refractivity contribution in [3.63, 3.8) is 0 Å². The van der Waals surface area contributed by atoms with E-state index < -0.39 is 8.32 Å². The first-order chi connectivity index (χ1) is 11.4. The average molecular weight is 365 g/mol. The first-order valence-corrected chi connectivity index (χ1v) is 13.7. The number of rotatable bonds is 6. The molecule has 0 heterocycles. The lowest BCUT2D eigenvalue weighted by molar-refractivity contribution is -0.129. The lowest BCUT2D eigenvalue weighted by Crippen LogP contribution is -2.42. The van der Waals surface area contributed by atoms with Crippen LogP contribution in [0.15, 0.2) is 12.2 Å². The first-order valence-electron chi connectivity index (χ1n) is 10.3. The van der Waals surface area contributed by atoms with Gasteiger partial charge in [-0.25, -0.2) is 0 Å². The van der Waals surface area contributed by atoms with Crippen molar-refractivity contribution in [3.8, 4) is 0 Å². The number of ketones is 1. The summed E-state index contributed by atoms with van der Waals surface area (Å²) in [5.41, 5.74) is 0.107. The van der Waals surface area contributed by atoms with Crippen molar-refractivity contribution in [1.29, 1.82) is 0 Å². The highest BCUT2D eigenvalue weighted by Crippen LogP contribution is 2.56. The minimum absolute atomic E-state index is 0.121. The minimum atomic E-state index is -1.55. The number of allylic oxidation sites excluding steroid dienone is 1. The molecule has 2 aliphatic carbocycles. The van der Waals surface area contributed by atoms with Gasteiger partial charge < -0.3 is 4.43 Å². The Balaban J connectivity index is 2.05. The Morgan fingerprint density at radius 1 is 1.20 bits per heavy atom. The van der Waals surface area contributed by atoms with Gasteiger partial charge in [-0.2, -0.15) is 0 Å². The molecule has 0 radical (unpaired) electrons. The van der Waals surface area contributed by atoms with Gasteiger partial charge in [-0.05, 0) is 76.4 Å². The van der Waals surface area contributed by atoms with Gasteiger partial charge in [0.2, 0.25) is 0 Å². The lowest BCUT2D eigenvalue weighted by Gasteiger charge is -2.42. The van der Waals surface area contributed by atoms with Crippen molar-refractivity contribution in [1.82, 2.24) is 0 Å². The molecule has 0 bridgehead atoms. The predicted octanol–water partition coefficient (Wildman–Crippen LogP) is 6.23. The van der Waals surface area contributed by atoms with Crippen molar-refractivity contribution in [2.45, 2.75) is 92.0 Å². The SMILES string of the molecule is C[C@H](/C=C/[C@H](C)C(C)(C)O[Si](C)(C)C)[C@H]1CC[C@H]2C(=O)CCC[C@]12C. The summed E-state index contributed by atoms with van der Waals surface area (Å²) in [7, 11) is -1.55. The Kier molecular flexibility index (Phi) is 6.10. The topological polar surface area (TPSA) is 26.3 Å². The third-order valence-electron chi connectivity index (χ3n) is 6.94. The molecular weight excluding hydrogens is 324 g/mol. The fraction of sp³-hybridized carbons (Fsp3) is 0.864. The number of hydrogen-bond donors (Lipinski definition) is 0. The zero-order valence-corrected chi connectivity index (χ0v) is 18.8. The number of carbonyl (C=O) groups excluding carboxylic acids is 1. The van der Waals surface area contributed by atoms with Gasteiger partial charge in [0, 0.05) is 18.3 Å². The van der Waals surface area contributed by atoms with Crippen LogP contribution in [-0.2, 0) is 9.22 Å². The van der Waals surface area contributed by atoms with Gasteiger partial charge in [0.15, 0.2) is 8.32 Å². The van der Waals surface area contributed by atoms with Crippen LogP contribution in [0.5, 0.6) is 0 Å². The molecule has 0 N–H and O–H groups in total. The Hall–Kier alpha value is -0.413. The second kappa shape index (κ2) is 7.30. The van der Waals surface area contributed by atoms with Crippen LogP contribution in [0.3, 0.4) is 0 Å². The molecule has 2 fully saturated rings. The second-order valence-corrected chi connectivity index (χ2v) is 14.8. The fourth-order valence-electron chi connectivity index (χ4n) is 5.42. The molecule has 0 spiro atoms. The highest BCUT2D eigenvalue weighted by molar-refractivity contribution is 6.69. The smallest absolute Gasteiger partial charge is 0.184 e. The molecular formula is C22H40O2Si. The van der Waals surface area contributed by atoms with Crippen LogP contribution in [0.25, 0.3) is 0 Å². The summed E-state index contributed by atoms with van der Waals surface area (Å²) in [6, 6.07) is 0. The van der Waals surface area contributed by atoms with E-state index in [0.717, 1.165) is 19.3 Å². The molecule has 0 saturated heterocycles. The van der Waals surface area contributed by atoms with Gasteiger partial charge in [0.25, 0.3) is 0 Å². The molecule has 0 amide bonds. The maximum absolute atomic E-state index is 12.3. The van der Waals surface area contributed by atoms with Gasteiger partial charge in [0.05, 0.1) is 5.60 Å². The Labute approximate surface area is 156 Å². The van der Waals surface area contributed by atoms with Crippen LogP contribution in [0.4, 0.5) is 0 Å². The van der Waals surface area contributed by atoms with E-state index in [1.807, 2.05) is 0 Å². The van der Waals surface area contributed by atoms with Crippen LogP contribution >= 0.6 is 0 Å². The summed E-state index contributed by atoms with van der Waals surface area (Å²) >= 11 is 0. The zero-order chi connectivity index (χ0) is 19.0. The monoisotopic (exact) mass is 364 g/mol. The molecule has 2 saturated carbocycles. The van der Waals surface area contributed by atoms with Crippen LogP contribution in [0, 0.1) is 29.1 Å². The Morgan fingerprint density at radius 3 is 2.44 bits per heavy atom. The van der Waals surface area contributed by atoms with Gasteiger partial charge in [0.1, 0.15) is 5.78 Å². The molecule has 0 aliphatic heterocycles. The molecule has 2 rings (SSSR count). The highest BCUT2D eigenvalue weighted by Gasteiger charge is 2.52. The molecule has 0 unspecified atom stereocenters. The van der Waals surface area contributed by atoms with Gasteiger partial charge in [-0.3, -0.25) is 4.79 Å². The maximum atomic E-state index is 12.3. The number of Topliss-reactive ketones (excluding diaryl/α,β-unsaturated/α-hetero) is 1. The van der Waals surface area contributed by atoms with E-state index in [-0.39, 0.29) is 11.0 Å². The number of hydrogen-bond acceptors (Lipinski definition) is 2. The highest BCUT2D eigenvalue weighted by atomic mass is 28.4. The summed E-state index contributed by atoms with van der Waals surface area (Å²) in [6.45, 7) is 18.2. The van der Waals surface area contributed by atoms with Crippen molar-refractivity contribution < 1.29 is 9.22 Å². The van der Waals surface area contributed by atoms with Crippen LogP contribution in [0.1, 0.15) is 66.7 Å². The van der Waals surface area contributed by atoms with Crippen molar-refractivity contribution in [3.05, 3.63) is 12.2 Å². The van der Waals surface area contributed by atoms with Gasteiger partial charge in [-0.1, -0.05) is 32.9 Å². The largest absolute Gasteiger partial charge is 0.412 e. The van der Waals surface area contributed by atoms with Crippen molar-refractivity contribution >= 4 is 14.1 Å². The molecule has 0 aromatic heterocycles. The second-order valence-electron chi connectivity index (χ2n) is 10.4. The standard InChI is InChI=1S/C22H40O2Si/c1-16(11-12-17(2)21(3,4)24-25(6,7)8)18-13-14-19-20(23)10-9-15-22(18,19)5/h11-12,16-19H,9-10,13-15H2,1-8H3/b12-11+/t16-,17+,18-,19+,22-/m1/s1. The molecule has 0 aromatic rings. The molecule has 144 valence electrons. The molecule has 5 atom stereocenters. The van der Waals surface area contributed by atoms with Crippen LogP contribution in [0.2, 0.25) is 19.6 Å². The van der Waals surface area contributed by atoms with E-state index in [2.05, 4.69) is 66.4 Å². The zero-order valence-electron chi connectivity index (χ0n) is 17.8. The third kappa shape index (κ3) is 4.66. The molecule has 25 heavy (non-hydrogen) atoms. The maximum Gasteiger partial charge on any atom is 0.184 e. The van der Waals surface area contributed by atoms with E-state index >= 15 is 0 Å². The van der Waals surface area contributed by atoms with E-state index in [1.54, 1.807) is 0 Å². The number of fused-ring (bicyclic) bond motifs is 1. The van der Waals surface area contributed by atoms with Crippen molar-refractivity contribution in [2.24, 2.45) is 29.1 Å². The minimum Gasteiger partial charge on any atom is -0.412 e. The van der Waals surface area contributed by atoms with Gasteiger partial charge >= 0.3 is 0 Å². The van der Waals surface area contributed by atoms with E-state index in [4.69, 9.17) is 4.43 Å². The van der Waals surface area contributed by atoms with E-state index in [9.17, 15) is 4.79 Å². The van der Waals surface area contributed by atoms with Crippen LogP contribution in [-0.4, -0.2) is 19.7 Å². The number of carbonyl (C=O) groups is 1. The summed E-state index contributed by atoms with van der Waals surface area (Å²) in [5, 5.41) is 0. The van der Waals surface area contributed by atoms with Gasteiger partial charge in [-0.15, -0.1) is 0 Å². The summed E-state index contributed by atoms with van der Waals surface area (Å²) < 4.78 is 6.41. The third-order valence-corrected chi connectivity index (χ3v) is 8.08. The molecule has 2 nitrogen and oxygen atoms in total. The molecule has 0 aromatic carbocycles. The quantitative estimate of drug-likeness (QED) is 0.412. The Morgan fingerprint density at radius 2 is 1.84 bits per heavy atom. The normalized spacial score (nSPS) is 33.5. The van der Waals surface area contributed by atoms with E-state index in [0.29, 0.717) is 29.5 Å². The summed E-state index contributed by atoms with van der Waals surface area (Å²) in [5.74, 6) is 2.42. The molecule has 2 aliphatic rings. The summed E-state index contributed by atoms with van der Waals surface area (Å²) in [4.78, 5) is 12.3. The summed E-state index contributed by atoms with van der Waals surface area (Å²) in [6.07, 6.45) is 10.2.